The number of thiophene rings is 2. The first-order valence-corrected chi connectivity index (χ1v) is 8.45. The van der Waals surface area contributed by atoms with E-state index in [1.165, 1.54) is 16.2 Å². The molecule has 0 saturated carbocycles. The van der Waals surface area contributed by atoms with Crippen LogP contribution in [-0.2, 0) is 0 Å². The highest BCUT2D eigenvalue weighted by Gasteiger charge is 2.12. The van der Waals surface area contributed by atoms with Gasteiger partial charge in [-0.05, 0) is 35.0 Å². The molecule has 7 heteroatoms. The smallest absolute Gasteiger partial charge is 0.181 e. The van der Waals surface area contributed by atoms with Gasteiger partial charge in [0, 0.05) is 4.88 Å². The van der Waals surface area contributed by atoms with Gasteiger partial charge in [0.05, 0.1) is 4.88 Å². The van der Waals surface area contributed by atoms with E-state index in [-0.39, 0.29) is 0 Å². The van der Waals surface area contributed by atoms with Gasteiger partial charge in [0.1, 0.15) is 5.01 Å². The zero-order valence-electron chi connectivity index (χ0n) is 10.1. The molecule has 0 aliphatic rings. The van der Waals surface area contributed by atoms with Crippen molar-refractivity contribution >= 4 is 51.1 Å². The van der Waals surface area contributed by atoms with Gasteiger partial charge >= 0.3 is 0 Å². The van der Waals surface area contributed by atoms with E-state index in [2.05, 4.69) is 32.8 Å². The molecule has 0 saturated heterocycles. The Kier molecular flexibility index (Phi) is 2.95. The number of aromatic nitrogens is 4. The molecule has 4 rings (SSSR count). The zero-order valence-corrected chi connectivity index (χ0v) is 12.6. The average molecular weight is 316 g/mol. The number of fused-ring (bicyclic) bond motifs is 1. The largest absolute Gasteiger partial charge is 0.235 e. The Morgan fingerprint density at radius 1 is 1.00 bits per heavy atom. The second-order valence-corrected chi connectivity index (χ2v) is 6.90. The first kappa shape index (κ1) is 12.0. The molecule has 0 spiro atoms. The van der Waals surface area contributed by atoms with Gasteiger partial charge in [0.15, 0.2) is 5.82 Å². The second-order valence-electron chi connectivity index (χ2n) is 3.98. The van der Waals surface area contributed by atoms with Crippen LogP contribution in [-0.4, -0.2) is 19.8 Å². The Labute approximate surface area is 126 Å². The fourth-order valence-electron chi connectivity index (χ4n) is 1.80. The Morgan fingerprint density at radius 2 is 1.90 bits per heavy atom. The first-order valence-electron chi connectivity index (χ1n) is 5.88. The van der Waals surface area contributed by atoms with Crippen molar-refractivity contribution in [3.05, 3.63) is 44.9 Å². The molecule has 98 valence electrons. The quantitative estimate of drug-likeness (QED) is 0.570. The molecule has 4 aromatic heterocycles. The van der Waals surface area contributed by atoms with E-state index in [0.29, 0.717) is 0 Å². The molecule has 20 heavy (non-hydrogen) atoms. The van der Waals surface area contributed by atoms with E-state index in [9.17, 15) is 0 Å². The van der Waals surface area contributed by atoms with Gasteiger partial charge in [-0.2, -0.15) is 9.61 Å². The van der Waals surface area contributed by atoms with Crippen LogP contribution in [0.2, 0.25) is 0 Å². The Bertz CT molecular complexity index is 853. The fraction of sp³-hybridized carbons (Fsp3) is 0. The van der Waals surface area contributed by atoms with E-state index in [1.807, 2.05) is 34.2 Å². The molecule has 4 heterocycles. The van der Waals surface area contributed by atoms with E-state index in [0.717, 1.165) is 20.7 Å². The topological polar surface area (TPSA) is 43.1 Å². The molecule has 0 aliphatic carbocycles. The van der Waals surface area contributed by atoms with Crippen LogP contribution in [0.5, 0.6) is 0 Å². The predicted octanol–water partition coefficient (Wildman–Crippen LogP) is 4.15. The molecule has 0 fully saturated rings. The lowest BCUT2D eigenvalue weighted by atomic mass is 10.4. The lowest BCUT2D eigenvalue weighted by Crippen LogP contribution is -1.88. The molecule has 0 amide bonds. The molecule has 0 unspecified atom stereocenters. The Balaban J connectivity index is 1.73. The summed E-state index contributed by atoms with van der Waals surface area (Å²) in [5.74, 6) is 0.807. The highest BCUT2D eigenvalue weighted by Crippen LogP contribution is 2.26. The van der Waals surface area contributed by atoms with Gasteiger partial charge in [-0.15, -0.1) is 32.9 Å². The van der Waals surface area contributed by atoms with Crippen LogP contribution in [0.1, 0.15) is 9.88 Å². The molecule has 0 bridgehead atoms. The summed E-state index contributed by atoms with van der Waals surface area (Å²) in [7, 11) is 0. The molecular weight excluding hydrogens is 308 g/mol. The van der Waals surface area contributed by atoms with Crippen molar-refractivity contribution in [2.75, 3.05) is 0 Å². The number of hydrogen-bond acceptors (Lipinski definition) is 6. The minimum absolute atomic E-state index is 0.807. The maximum atomic E-state index is 4.56. The van der Waals surface area contributed by atoms with Crippen molar-refractivity contribution in [3.63, 3.8) is 0 Å². The van der Waals surface area contributed by atoms with Crippen LogP contribution in [0, 0.1) is 0 Å². The SMILES string of the molecule is C(=C\c1nn2c(-c3cccs3)nnc2s1)/c1cccs1. The standard InChI is InChI=1S/C13H8N4S3/c1-3-9(18-7-1)5-6-11-16-17-12(10-4-2-8-19-10)14-15-13(17)20-11/h1-8H/b6-5+. The summed E-state index contributed by atoms with van der Waals surface area (Å²) in [6.07, 6.45) is 4.09. The maximum Gasteiger partial charge on any atom is 0.235 e. The van der Waals surface area contributed by atoms with Gasteiger partial charge in [-0.25, -0.2) is 0 Å². The molecule has 0 radical (unpaired) electrons. The number of hydrogen-bond donors (Lipinski definition) is 0. The van der Waals surface area contributed by atoms with Crippen molar-refractivity contribution < 1.29 is 0 Å². The van der Waals surface area contributed by atoms with Gasteiger partial charge in [-0.3, -0.25) is 0 Å². The van der Waals surface area contributed by atoms with Crippen LogP contribution in [0.3, 0.4) is 0 Å². The summed E-state index contributed by atoms with van der Waals surface area (Å²) in [4.78, 5) is 3.12. The van der Waals surface area contributed by atoms with Crippen molar-refractivity contribution in [1.29, 1.82) is 0 Å². The van der Waals surface area contributed by atoms with Crippen molar-refractivity contribution in [3.8, 4) is 10.7 Å². The molecule has 0 N–H and O–H groups in total. The lowest BCUT2D eigenvalue weighted by Gasteiger charge is -1.89. The number of nitrogens with zero attached hydrogens (tertiary/aromatic N) is 4. The summed E-state index contributed by atoms with van der Waals surface area (Å²) in [5.41, 5.74) is 0. The highest BCUT2D eigenvalue weighted by atomic mass is 32.1. The Morgan fingerprint density at radius 3 is 2.70 bits per heavy atom. The summed E-state index contributed by atoms with van der Waals surface area (Å²) >= 11 is 4.89. The average Bonchev–Trinajstić information content (AvgIpc) is 3.20. The van der Waals surface area contributed by atoms with Crippen LogP contribution in [0.15, 0.2) is 35.0 Å². The Hall–Kier alpha value is -1.83. The summed E-state index contributed by atoms with van der Waals surface area (Å²) in [6, 6.07) is 8.16. The van der Waals surface area contributed by atoms with Crippen molar-refractivity contribution in [2.45, 2.75) is 0 Å². The maximum absolute atomic E-state index is 4.56. The van der Waals surface area contributed by atoms with Crippen molar-refractivity contribution in [1.82, 2.24) is 19.8 Å². The molecule has 0 aromatic carbocycles. The van der Waals surface area contributed by atoms with Gasteiger partial charge in [0.25, 0.3) is 0 Å². The highest BCUT2D eigenvalue weighted by molar-refractivity contribution is 7.17. The molecule has 4 aromatic rings. The third kappa shape index (κ3) is 2.09. The minimum Gasteiger partial charge on any atom is -0.181 e. The molecular formula is C13H8N4S3. The molecule has 4 nitrogen and oxygen atoms in total. The van der Waals surface area contributed by atoms with Gasteiger partial charge in [0.2, 0.25) is 4.96 Å². The summed E-state index contributed by atoms with van der Waals surface area (Å²) < 4.78 is 1.81. The van der Waals surface area contributed by atoms with Crippen LogP contribution in [0.4, 0.5) is 0 Å². The van der Waals surface area contributed by atoms with E-state index < -0.39 is 0 Å². The predicted molar refractivity (Wildman–Crippen MR) is 85.2 cm³/mol. The normalized spacial score (nSPS) is 11.8. The summed E-state index contributed by atoms with van der Waals surface area (Å²) in [5, 5.41) is 18.0. The fourth-order valence-corrected chi connectivity index (χ4v) is 3.85. The van der Waals surface area contributed by atoms with E-state index >= 15 is 0 Å². The lowest BCUT2D eigenvalue weighted by molar-refractivity contribution is 0.963. The van der Waals surface area contributed by atoms with E-state index in [4.69, 9.17) is 0 Å². The van der Waals surface area contributed by atoms with E-state index in [1.54, 1.807) is 22.7 Å². The van der Waals surface area contributed by atoms with Crippen LogP contribution in [0.25, 0.3) is 27.8 Å². The third-order valence-corrected chi connectivity index (χ3v) is 5.25. The molecule has 0 atom stereocenters. The van der Waals surface area contributed by atoms with Crippen LogP contribution < -0.4 is 0 Å². The van der Waals surface area contributed by atoms with Gasteiger partial charge in [-0.1, -0.05) is 23.5 Å². The zero-order chi connectivity index (χ0) is 13.4. The van der Waals surface area contributed by atoms with Gasteiger partial charge < -0.3 is 0 Å². The first-order chi connectivity index (χ1) is 9.90. The van der Waals surface area contributed by atoms with Crippen LogP contribution >= 0.6 is 34.0 Å². The minimum atomic E-state index is 0.807. The second kappa shape index (κ2) is 4.93. The molecule has 0 aliphatic heterocycles. The summed E-state index contributed by atoms with van der Waals surface area (Å²) in [6.45, 7) is 0. The monoisotopic (exact) mass is 316 g/mol. The van der Waals surface area contributed by atoms with Crippen molar-refractivity contribution in [2.24, 2.45) is 0 Å². The third-order valence-electron chi connectivity index (χ3n) is 2.68. The number of rotatable bonds is 3.